The third-order valence-electron chi connectivity index (χ3n) is 5.12. The summed E-state index contributed by atoms with van der Waals surface area (Å²) in [6, 6.07) is 8.56. The topological polar surface area (TPSA) is 70.9 Å². The average molecular weight is 333 g/mol. The maximum Gasteiger partial charge on any atom is 0.164 e. The molecular formula is C18H19N7. The second-order valence-corrected chi connectivity index (χ2v) is 6.83. The van der Waals surface area contributed by atoms with Gasteiger partial charge >= 0.3 is 0 Å². The van der Waals surface area contributed by atoms with Gasteiger partial charge in [-0.1, -0.05) is 0 Å². The van der Waals surface area contributed by atoms with Gasteiger partial charge in [0.2, 0.25) is 0 Å². The Morgan fingerprint density at radius 1 is 1.04 bits per heavy atom. The van der Waals surface area contributed by atoms with Crippen LogP contribution >= 0.6 is 0 Å². The summed E-state index contributed by atoms with van der Waals surface area (Å²) < 4.78 is 0. The number of hydrogen-bond acceptors (Lipinski definition) is 7. The number of fused-ring (bicyclic) bond motifs is 1. The van der Waals surface area contributed by atoms with Crippen LogP contribution in [-0.4, -0.2) is 51.3 Å². The number of nitrogens with zero attached hydrogens (tertiary/aromatic N) is 7. The van der Waals surface area contributed by atoms with Crippen LogP contribution in [0, 0.1) is 0 Å². The van der Waals surface area contributed by atoms with Gasteiger partial charge in [-0.15, -0.1) is 5.10 Å². The molecule has 0 spiro atoms. The zero-order valence-corrected chi connectivity index (χ0v) is 14.1. The summed E-state index contributed by atoms with van der Waals surface area (Å²) >= 11 is 0. The fraction of sp³-hybridized carbons (Fsp3) is 0.389. The summed E-state index contributed by atoms with van der Waals surface area (Å²) in [6.45, 7) is 1.83. The van der Waals surface area contributed by atoms with Crippen molar-refractivity contribution in [3.05, 3.63) is 42.5 Å². The first-order valence-electron chi connectivity index (χ1n) is 8.67. The van der Waals surface area contributed by atoms with Gasteiger partial charge in [-0.25, -0.2) is 15.0 Å². The van der Waals surface area contributed by atoms with E-state index in [4.69, 9.17) is 0 Å². The molecule has 0 radical (unpaired) electrons. The highest BCUT2D eigenvalue weighted by atomic mass is 15.4. The molecule has 0 N–H and O–H groups in total. The zero-order valence-electron chi connectivity index (χ0n) is 14.1. The lowest BCUT2D eigenvalue weighted by atomic mass is 10.1. The number of likely N-dealkylation sites (N-methyl/N-ethyl adjacent to an activating group) is 1. The van der Waals surface area contributed by atoms with Gasteiger partial charge in [0.25, 0.3) is 0 Å². The first-order valence-corrected chi connectivity index (χ1v) is 8.67. The van der Waals surface area contributed by atoms with Crippen molar-refractivity contribution in [2.45, 2.75) is 24.8 Å². The Bertz CT molecular complexity index is 895. The fourth-order valence-electron chi connectivity index (χ4n) is 3.32. The van der Waals surface area contributed by atoms with Crippen molar-refractivity contribution in [1.29, 1.82) is 0 Å². The van der Waals surface area contributed by atoms with E-state index in [1.807, 2.05) is 12.1 Å². The minimum absolute atomic E-state index is 0.392. The standard InChI is InChI=1S/C18H19N7/c1-24(18-14-3-2-8-19-17(14)20-11-21-18)13-9-25(10-13)16-7-6-15(22-23-16)12-4-5-12/h2-3,6-8,11-13H,4-5,9-10H2,1H3. The summed E-state index contributed by atoms with van der Waals surface area (Å²) in [5, 5.41) is 9.76. The van der Waals surface area contributed by atoms with Crippen LogP contribution in [0.2, 0.25) is 0 Å². The summed E-state index contributed by atoms with van der Waals surface area (Å²) in [6.07, 6.45) is 5.85. The Labute approximate surface area is 145 Å². The van der Waals surface area contributed by atoms with Crippen molar-refractivity contribution < 1.29 is 0 Å². The Balaban J connectivity index is 1.30. The zero-order chi connectivity index (χ0) is 16.8. The maximum absolute atomic E-state index is 4.47. The number of rotatable bonds is 4. The molecule has 1 aliphatic heterocycles. The molecule has 126 valence electrons. The molecule has 5 rings (SSSR count). The molecule has 2 fully saturated rings. The third kappa shape index (κ3) is 2.56. The quantitative estimate of drug-likeness (QED) is 0.723. The van der Waals surface area contributed by atoms with Gasteiger partial charge in [-0.3, -0.25) is 0 Å². The lowest BCUT2D eigenvalue weighted by Crippen LogP contribution is -2.59. The van der Waals surface area contributed by atoms with Crippen LogP contribution in [0.1, 0.15) is 24.5 Å². The SMILES string of the molecule is CN(c1ncnc2ncccc12)C1CN(c2ccc(C3CC3)nn2)C1. The minimum atomic E-state index is 0.392. The molecule has 2 aliphatic rings. The molecule has 4 heterocycles. The van der Waals surface area contributed by atoms with E-state index < -0.39 is 0 Å². The van der Waals surface area contributed by atoms with Crippen molar-refractivity contribution in [2.75, 3.05) is 29.9 Å². The van der Waals surface area contributed by atoms with E-state index >= 15 is 0 Å². The van der Waals surface area contributed by atoms with Gasteiger partial charge in [0.1, 0.15) is 12.1 Å². The van der Waals surface area contributed by atoms with E-state index in [2.05, 4.69) is 54.1 Å². The van der Waals surface area contributed by atoms with E-state index in [1.165, 1.54) is 12.8 Å². The second kappa shape index (κ2) is 5.61. The van der Waals surface area contributed by atoms with Crippen LogP contribution in [0.25, 0.3) is 11.0 Å². The van der Waals surface area contributed by atoms with E-state index in [0.29, 0.717) is 12.0 Å². The summed E-state index contributed by atoms with van der Waals surface area (Å²) in [5.41, 5.74) is 1.87. The molecular weight excluding hydrogens is 314 g/mol. The molecule has 0 atom stereocenters. The normalized spacial score (nSPS) is 17.6. The molecule has 1 saturated carbocycles. The predicted octanol–water partition coefficient (Wildman–Crippen LogP) is 2.02. The van der Waals surface area contributed by atoms with Crippen LogP contribution < -0.4 is 9.80 Å². The van der Waals surface area contributed by atoms with Crippen LogP contribution in [0.3, 0.4) is 0 Å². The molecule has 0 amide bonds. The van der Waals surface area contributed by atoms with Crippen LogP contribution in [0.4, 0.5) is 11.6 Å². The van der Waals surface area contributed by atoms with Crippen molar-refractivity contribution in [3.8, 4) is 0 Å². The Morgan fingerprint density at radius 2 is 1.92 bits per heavy atom. The van der Waals surface area contributed by atoms with E-state index in [1.54, 1.807) is 12.5 Å². The van der Waals surface area contributed by atoms with Crippen LogP contribution in [0.5, 0.6) is 0 Å². The Hall–Kier alpha value is -2.83. The maximum atomic E-state index is 4.47. The fourth-order valence-corrected chi connectivity index (χ4v) is 3.32. The summed E-state index contributed by atoms with van der Waals surface area (Å²) in [7, 11) is 2.08. The van der Waals surface area contributed by atoms with Crippen molar-refractivity contribution >= 4 is 22.7 Å². The molecule has 3 aromatic rings. The number of anilines is 2. The summed E-state index contributed by atoms with van der Waals surface area (Å²) in [4.78, 5) is 17.5. The van der Waals surface area contributed by atoms with E-state index in [0.717, 1.165) is 41.5 Å². The lowest BCUT2D eigenvalue weighted by molar-refractivity contribution is 0.488. The van der Waals surface area contributed by atoms with E-state index in [-0.39, 0.29) is 0 Å². The monoisotopic (exact) mass is 333 g/mol. The van der Waals surface area contributed by atoms with Gasteiger partial charge in [0.15, 0.2) is 11.5 Å². The lowest BCUT2D eigenvalue weighted by Gasteiger charge is -2.45. The summed E-state index contributed by atoms with van der Waals surface area (Å²) in [5.74, 6) is 2.54. The predicted molar refractivity (Wildman–Crippen MR) is 95.7 cm³/mol. The van der Waals surface area contributed by atoms with Crippen molar-refractivity contribution in [3.63, 3.8) is 0 Å². The third-order valence-corrected chi connectivity index (χ3v) is 5.12. The Kier molecular flexibility index (Phi) is 3.26. The smallest absolute Gasteiger partial charge is 0.164 e. The molecule has 0 unspecified atom stereocenters. The molecule has 1 saturated heterocycles. The molecule has 1 aliphatic carbocycles. The van der Waals surface area contributed by atoms with Gasteiger partial charge < -0.3 is 9.80 Å². The largest absolute Gasteiger partial charge is 0.352 e. The molecule has 7 heteroatoms. The van der Waals surface area contributed by atoms with Crippen molar-refractivity contribution in [1.82, 2.24) is 25.1 Å². The number of hydrogen-bond donors (Lipinski definition) is 0. The van der Waals surface area contributed by atoms with E-state index in [9.17, 15) is 0 Å². The van der Waals surface area contributed by atoms with Crippen LogP contribution in [-0.2, 0) is 0 Å². The number of aromatic nitrogens is 5. The highest BCUT2D eigenvalue weighted by Crippen LogP contribution is 2.39. The average Bonchev–Trinajstić information content (AvgIpc) is 3.45. The van der Waals surface area contributed by atoms with Gasteiger partial charge in [-0.05, 0) is 37.1 Å². The highest BCUT2D eigenvalue weighted by molar-refractivity contribution is 5.86. The molecule has 0 bridgehead atoms. The Morgan fingerprint density at radius 3 is 2.68 bits per heavy atom. The van der Waals surface area contributed by atoms with Crippen molar-refractivity contribution in [2.24, 2.45) is 0 Å². The van der Waals surface area contributed by atoms with Gasteiger partial charge in [0, 0.05) is 32.3 Å². The first-order chi connectivity index (χ1) is 12.3. The molecule has 7 nitrogen and oxygen atoms in total. The molecule has 0 aromatic carbocycles. The van der Waals surface area contributed by atoms with Gasteiger partial charge in [-0.2, -0.15) is 5.10 Å². The van der Waals surface area contributed by atoms with Crippen LogP contribution in [0.15, 0.2) is 36.8 Å². The second-order valence-electron chi connectivity index (χ2n) is 6.83. The first kappa shape index (κ1) is 14.5. The molecule has 3 aromatic heterocycles. The van der Waals surface area contributed by atoms with Gasteiger partial charge in [0.05, 0.1) is 17.1 Å². The molecule has 25 heavy (non-hydrogen) atoms. The minimum Gasteiger partial charge on any atom is -0.352 e. The number of pyridine rings is 1. The highest BCUT2D eigenvalue weighted by Gasteiger charge is 2.33.